The Morgan fingerprint density at radius 3 is 2.40 bits per heavy atom. The predicted molar refractivity (Wildman–Crippen MR) is 64.8 cm³/mol. The molecule has 0 saturated heterocycles. The van der Waals surface area contributed by atoms with Gasteiger partial charge >= 0.3 is 0 Å². The molecule has 3 heteroatoms. The van der Waals surface area contributed by atoms with Crippen LogP contribution in [0.4, 0.5) is 0 Å². The lowest BCUT2D eigenvalue weighted by molar-refractivity contribution is -0.129. The van der Waals surface area contributed by atoms with Crippen LogP contribution in [0.1, 0.15) is 40.5 Å². The molecule has 0 aromatic heterocycles. The Morgan fingerprint density at radius 1 is 1.33 bits per heavy atom. The van der Waals surface area contributed by atoms with Crippen molar-refractivity contribution in [2.24, 2.45) is 5.92 Å². The molecule has 15 heavy (non-hydrogen) atoms. The molecule has 0 spiro atoms. The largest absolute Gasteiger partial charge is 0.346 e. The highest BCUT2D eigenvalue weighted by atomic mass is 16.2. The topological polar surface area (TPSA) is 32.3 Å². The van der Waals surface area contributed by atoms with Gasteiger partial charge in [0.2, 0.25) is 5.91 Å². The van der Waals surface area contributed by atoms with E-state index in [0.29, 0.717) is 18.4 Å². The summed E-state index contributed by atoms with van der Waals surface area (Å²) in [6.45, 7) is 10.2. The molecule has 0 aliphatic rings. The molecule has 2 atom stereocenters. The molecule has 0 rings (SSSR count). The lowest BCUT2D eigenvalue weighted by atomic mass is 10.0. The smallest absolute Gasteiger partial charge is 0.223 e. The molecule has 0 bridgehead atoms. The predicted octanol–water partition coefficient (Wildman–Crippen LogP) is 1.88. The van der Waals surface area contributed by atoms with Gasteiger partial charge in [0, 0.05) is 32.6 Å². The van der Waals surface area contributed by atoms with Gasteiger partial charge in [-0.1, -0.05) is 20.3 Å². The first-order valence-corrected chi connectivity index (χ1v) is 6.00. The van der Waals surface area contributed by atoms with Crippen molar-refractivity contribution >= 4 is 5.91 Å². The van der Waals surface area contributed by atoms with Crippen LogP contribution in [-0.2, 0) is 4.79 Å². The third kappa shape index (κ3) is 5.78. The van der Waals surface area contributed by atoms with Gasteiger partial charge in [-0.25, -0.2) is 0 Å². The third-order valence-corrected chi connectivity index (χ3v) is 3.20. The third-order valence-electron chi connectivity index (χ3n) is 3.20. The molecule has 0 aromatic rings. The molecule has 0 radical (unpaired) electrons. The van der Waals surface area contributed by atoms with Crippen LogP contribution < -0.4 is 5.32 Å². The average Bonchev–Trinajstić information content (AvgIpc) is 2.26. The van der Waals surface area contributed by atoms with E-state index >= 15 is 0 Å². The molecule has 90 valence electrons. The molecule has 1 amide bonds. The van der Waals surface area contributed by atoms with E-state index in [9.17, 15) is 4.79 Å². The van der Waals surface area contributed by atoms with Crippen molar-refractivity contribution in [1.29, 1.82) is 0 Å². The first-order valence-electron chi connectivity index (χ1n) is 6.00. The number of nitrogens with zero attached hydrogens (tertiary/aromatic N) is 1. The fourth-order valence-corrected chi connectivity index (χ4v) is 1.33. The number of nitrogens with one attached hydrogen (secondary N) is 1. The van der Waals surface area contributed by atoms with Crippen LogP contribution in [0.3, 0.4) is 0 Å². The zero-order chi connectivity index (χ0) is 11.8. The Morgan fingerprint density at radius 2 is 1.93 bits per heavy atom. The van der Waals surface area contributed by atoms with E-state index < -0.39 is 0 Å². The van der Waals surface area contributed by atoms with Crippen LogP contribution in [0.15, 0.2) is 0 Å². The van der Waals surface area contributed by atoms with Gasteiger partial charge < -0.3 is 10.2 Å². The Kier molecular flexibility index (Phi) is 7.39. The Labute approximate surface area is 94.2 Å². The summed E-state index contributed by atoms with van der Waals surface area (Å²) in [4.78, 5) is 13.2. The fourth-order valence-electron chi connectivity index (χ4n) is 1.33. The Bertz CT molecular complexity index is 182. The first-order chi connectivity index (χ1) is 7.02. The Balaban J connectivity index is 3.65. The number of hydrogen-bond acceptors (Lipinski definition) is 2. The van der Waals surface area contributed by atoms with Crippen molar-refractivity contribution < 1.29 is 4.79 Å². The van der Waals surface area contributed by atoms with Gasteiger partial charge in [0.05, 0.1) is 0 Å². The summed E-state index contributed by atoms with van der Waals surface area (Å²) >= 11 is 0. The number of rotatable bonds is 7. The van der Waals surface area contributed by atoms with Crippen molar-refractivity contribution in [3.05, 3.63) is 0 Å². The summed E-state index contributed by atoms with van der Waals surface area (Å²) in [6.07, 6.45) is 1.78. The summed E-state index contributed by atoms with van der Waals surface area (Å²) in [5, 5.41) is 3.40. The molecule has 0 aromatic carbocycles. The van der Waals surface area contributed by atoms with Crippen LogP contribution in [0, 0.1) is 5.92 Å². The molecule has 0 fully saturated rings. The van der Waals surface area contributed by atoms with Crippen molar-refractivity contribution in [3.63, 3.8) is 0 Å². The lowest BCUT2D eigenvalue weighted by Gasteiger charge is -2.20. The van der Waals surface area contributed by atoms with E-state index in [4.69, 9.17) is 0 Å². The maximum absolute atomic E-state index is 11.5. The van der Waals surface area contributed by atoms with E-state index in [-0.39, 0.29) is 5.91 Å². The van der Waals surface area contributed by atoms with Crippen LogP contribution in [0.5, 0.6) is 0 Å². The molecule has 3 nitrogen and oxygen atoms in total. The van der Waals surface area contributed by atoms with Crippen molar-refractivity contribution in [1.82, 2.24) is 10.2 Å². The van der Waals surface area contributed by atoms with Crippen molar-refractivity contribution in [2.75, 3.05) is 20.1 Å². The van der Waals surface area contributed by atoms with Gasteiger partial charge in [0.1, 0.15) is 0 Å². The standard InChI is InChI=1S/C12H26N2O/c1-6-10(3)11(4)13-9-8-12(15)14(5)7-2/h10-11,13H,6-9H2,1-5H3/t10-,11+/m0/s1. The number of hydrogen-bond donors (Lipinski definition) is 1. The summed E-state index contributed by atoms with van der Waals surface area (Å²) in [7, 11) is 1.85. The minimum atomic E-state index is 0.223. The monoisotopic (exact) mass is 214 g/mol. The number of carbonyl (C=O) groups is 1. The van der Waals surface area contributed by atoms with Crippen molar-refractivity contribution in [2.45, 2.75) is 46.6 Å². The average molecular weight is 214 g/mol. The molecule has 0 unspecified atom stereocenters. The van der Waals surface area contributed by atoms with Gasteiger partial charge in [-0.3, -0.25) is 4.79 Å². The molecular weight excluding hydrogens is 188 g/mol. The van der Waals surface area contributed by atoms with Crippen LogP contribution in [-0.4, -0.2) is 37.0 Å². The summed E-state index contributed by atoms with van der Waals surface area (Å²) in [5.41, 5.74) is 0. The van der Waals surface area contributed by atoms with E-state index in [1.165, 1.54) is 6.42 Å². The van der Waals surface area contributed by atoms with Gasteiger partial charge in [-0.05, 0) is 19.8 Å². The summed E-state index contributed by atoms with van der Waals surface area (Å²) in [5.74, 6) is 0.894. The van der Waals surface area contributed by atoms with Gasteiger partial charge in [0.25, 0.3) is 0 Å². The van der Waals surface area contributed by atoms with Crippen LogP contribution in [0.2, 0.25) is 0 Å². The molecule has 0 aliphatic heterocycles. The summed E-state index contributed by atoms with van der Waals surface area (Å²) in [6, 6.07) is 0.495. The Hall–Kier alpha value is -0.570. The van der Waals surface area contributed by atoms with Gasteiger partial charge in [-0.2, -0.15) is 0 Å². The maximum Gasteiger partial charge on any atom is 0.223 e. The molecule has 0 aliphatic carbocycles. The molecule has 0 heterocycles. The highest BCUT2D eigenvalue weighted by Crippen LogP contribution is 2.06. The zero-order valence-corrected chi connectivity index (χ0v) is 10.8. The van der Waals surface area contributed by atoms with Gasteiger partial charge in [0.15, 0.2) is 0 Å². The number of amides is 1. The SMILES string of the molecule is CC[C@H](C)[C@@H](C)NCCC(=O)N(C)CC. The zero-order valence-electron chi connectivity index (χ0n) is 10.8. The second-order valence-electron chi connectivity index (χ2n) is 4.29. The van der Waals surface area contributed by atoms with E-state index in [1.54, 1.807) is 4.90 Å². The molecular formula is C12H26N2O. The van der Waals surface area contributed by atoms with Crippen LogP contribution >= 0.6 is 0 Å². The molecule has 0 saturated carbocycles. The highest BCUT2D eigenvalue weighted by molar-refractivity contribution is 5.75. The van der Waals surface area contributed by atoms with E-state index in [2.05, 4.69) is 26.1 Å². The van der Waals surface area contributed by atoms with E-state index in [1.807, 2.05) is 14.0 Å². The maximum atomic E-state index is 11.5. The minimum Gasteiger partial charge on any atom is -0.346 e. The van der Waals surface area contributed by atoms with Gasteiger partial charge in [-0.15, -0.1) is 0 Å². The summed E-state index contributed by atoms with van der Waals surface area (Å²) < 4.78 is 0. The fraction of sp³-hybridized carbons (Fsp3) is 0.917. The van der Waals surface area contributed by atoms with Crippen LogP contribution in [0.25, 0.3) is 0 Å². The minimum absolute atomic E-state index is 0.223. The second kappa shape index (κ2) is 7.69. The first kappa shape index (κ1) is 14.4. The lowest BCUT2D eigenvalue weighted by Crippen LogP contribution is -2.35. The molecule has 1 N–H and O–H groups in total. The van der Waals surface area contributed by atoms with Crippen molar-refractivity contribution in [3.8, 4) is 0 Å². The second-order valence-corrected chi connectivity index (χ2v) is 4.29. The quantitative estimate of drug-likeness (QED) is 0.702. The number of carbonyl (C=O) groups excluding carboxylic acids is 1. The normalized spacial score (nSPS) is 14.7. The highest BCUT2D eigenvalue weighted by Gasteiger charge is 2.10. The van der Waals surface area contributed by atoms with E-state index in [0.717, 1.165) is 13.1 Å².